The number of carbonyl (C=O) groups excluding carboxylic acids is 1. The molecule has 0 radical (unpaired) electrons. The van der Waals surface area contributed by atoms with E-state index in [-0.39, 0.29) is 6.03 Å². The molecule has 0 bridgehead atoms. The number of urea groups is 1. The minimum absolute atomic E-state index is 0.144. The molecule has 1 heterocycles. The molecule has 0 aliphatic heterocycles. The van der Waals surface area contributed by atoms with Gasteiger partial charge in [0, 0.05) is 19.2 Å². The lowest BCUT2D eigenvalue weighted by Crippen LogP contribution is -2.43. The maximum atomic E-state index is 12.2. The molecule has 3 atom stereocenters. The van der Waals surface area contributed by atoms with Crippen LogP contribution in [0.25, 0.3) is 0 Å². The molecule has 0 spiro atoms. The van der Waals surface area contributed by atoms with E-state index in [2.05, 4.69) is 15.6 Å². The second-order valence-corrected chi connectivity index (χ2v) is 7.14. The first-order valence-corrected chi connectivity index (χ1v) is 9.40. The fourth-order valence-corrected chi connectivity index (χ4v) is 4.13. The van der Waals surface area contributed by atoms with Gasteiger partial charge in [-0.15, -0.1) is 0 Å². The van der Waals surface area contributed by atoms with E-state index in [1.807, 2.05) is 0 Å². The van der Waals surface area contributed by atoms with Crippen LogP contribution in [0, 0.1) is 11.8 Å². The highest BCUT2D eigenvalue weighted by Crippen LogP contribution is 2.40. The Kier molecular flexibility index (Phi) is 6.50. The number of rotatable bonds is 6. The van der Waals surface area contributed by atoms with Crippen LogP contribution < -0.4 is 15.4 Å². The SMILES string of the molecule is COCCOc1ccc(NC(=O)N[C@@H]2CC[C@@H]3CCCC[C@@H]3C2)cn1. The number of hydrogen-bond donors (Lipinski definition) is 2. The predicted octanol–water partition coefficient (Wildman–Crippen LogP) is 3.59. The molecular formula is C19H29N3O3. The van der Waals surface area contributed by atoms with Crippen LogP contribution in [0.1, 0.15) is 44.9 Å². The molecule has 1 aromatic rings. The zero-order valence-corrected chi connectivity index (χ0v) is 15.0. The maximum absolute atomic E-state index is 12.2. The fourth-order valence-electron chi connectivity index (χ4n) is 4.13. The Morgan fingerprint density at radius 1 is 1.16 bits per heavy atom. The van der Waals surface area contributed by atoms with Gasteiger partial charge in [-0.25, -0.2) is 9.78 Å². The lowest BCUT2D eigenvalue weighted by Gasteiger charge is -2.39. The van der Waals surface area contributed by atoms with Gasteiger partial charge in [-0.2, -0.15) is 0 Å². The van der Waals surface area contributed by atoms with Gasteiger partial charge in [0.05, 0.1) is 18.5 Å². The van der Waals surface area contributed by atoms with E-state index in [1.54, 1.807) is 25.4 Å². The van der Waals surface area contributed by atoms with Crippen LogP contribution in [-0.4, -0.2) is 37.4 Å². The summed E-state index contributed by atoms with van der Waals surface area (Å²) in [5.74, 6) is 2.22. The van der Waals surface area contributed by atoms with Crippen LogP contribution in [0.4, 0.5) is 10.5 Å². The first-order chi connectivity index (χ1) is 12.2. The lowest BCUT2D eigenvalue weighted by atomic mass is 9.69. The molecule has 0 saturated heterocycles. The number of amides is 2. The van der Waals surface area contributed by atoms with E-state index in [9.17, 15) is 4.79 Å². The topological polar surface area (TPSA) is 72.5 Å². The van der Waals surface area contributed by atoms with Crippen molar-refractivity contribution in [3.63, 3.8) is 0 Å². The number of fused-ring (bicyclic) bond motifs is 1. The maximum Gasteiger partial charge on any atom is 0.319 e. The zero-order valence-electron chi connectivity index (χ0n) is 15.0. The van der Waals surface area contributed by atoms with Crippen molar-refractivity contribution in [2.75, 3.05) is 25.6 Å². The van der Waals surface area contributed by atoms with Gasteiger partial charge in [0.1, 0.15) is 6.61 Å². The molecule has 0 unspecified atom stereocenters. The van der Waals surface area contributed by atoms with E-state index in [0.29, 0.717) is 30.8 Å². The summed E-state index contributed by atoms with van der Waals surface area (Å²) >= 11 is 0. The second-order valence-electron chi connectivity index (χ2n) is 7.14. The third-order valence-corrected chi connectivity index (χ3v) is 5.41. The van der Waals surface area contributed by atoms with E-state index in [4.69, 9.17) is 9.47 Å². The molecule has 25 heavy (non-hydrogen) atoms. The number of methoxy groups -OCH3 is 1. The van der Waals surface area contributed by atoms with Gasteiger partial charge in [0.15, 0.2) is 0 Å². The van der Waals surface area contributed by atoms with Gasteiger partial charge < -0.3 is 20.1 Å². The van der Waals surface area contributed by atoms with E-state index < -0.39 is 0 Å². The number of anilines is 1. The Bertz CT molecular complexity index is 549. The highest BCUT2D eigenvalue weighted by atomic mass is 16.5. The summed E-state index contributed by atoms with van der Waals surface area (Å²) in [5, 5.41) is 5.99. The van der Waals surface area contributed by atoms with E-state index in [0.717, 1.165) is 24.7 Å². The molecule has 6 heteroatoms. The Morgan fingerprint density at radius 3 is 2.76 bits per heavy atom. The van der Waals surface area contributed by atoms with Gasteiger partial charge in [0.2, 0.25) is 5.88 Å². The monoisotopic (exact) mass is 347 g/mol. The van der Waals surface area contributed by atoms with Gasteiger partial charge in [-0.3, -0.25) is 0 Å². The lowest BCUT2D eigenvalue weighted by molar-refractivity contribution is 0.144. The minimum atomic E-state index is -0.144. The van der Waals surface area contributed by atoms with Crippen molar-refractivity contribution >= 4 is 11.7 Å². The molecule has 2 saturated carbocycles. The average molecular weight is 347 g/mol. The van der Waals surface area contributed by atoms with Crippen molar-refractivity contribution in [1.82, 2.24) is 10.3 Å². The van der Waals surface area contributed by atoms with Crippen LogP contribution in [0.5, 0.6) is 5.88 Å². The van der Waals surface area contributed by atoms with Crippen molar-refractivity contribution in [2.24, 2.45) is 11.8 Å². The molecule has 2 aliphatic rings. The van der Waals surface area contributed by atoms with Crippen molar-refractivity contribution in [2.45, 2.75) is 51.0 Å². The average Bonchev–Trinajstić information content (AvgIpc) is 2.63. The highest BCUT2D eigenvalue weighted by Gasteiger charge is 2.32. The standard InChI is InChI=1S/C19H29N3O3/c1-24-10-11-25-18-9-8-17(13-20-18)22-19(23)21-16-7-6-14-4-2-3-5-15(14)12-16/h8-9,13-16H,2-7,10-12H2,1H3,(H2,21,22,23)/t14-,15+,16+/m0/s1. The van der Waals surface area contributed by atoms with Crippen LogP contribution in [-0.2, 0) is 4.74 Å². The van der Waals surface area contributed by atoms with Gasteiger partial charge in [-0.05, 0) is 37.2 Å². The Labute approximate surface area is 149 Å². The van der Waals surface area contributed by atoms with Crippen LogP contribution >= 0.6 is 0 Å². The van der Waals surface area contributed by atoms with E-state index >= 15 is 0 Å². The molecule has 3 rings (SSSR count). The summed E-state index contributed by atoms with van der Waals surface area (Å²) in [6.45, 7) is 0.980. The number of carbonyl (C=O) groups is 1. The smallest absolute Gasteiger partial charge is 0.319 e. The quantitative estimate of drug-likeness (QED) is 0.772. The molecule has 6 nitrogen and oxygen atoms in total. The highest BCUT2D eigenvalue weighted by molar-refractivity contribution is 5.89. The van der Waals surface area contributed by atoms with Gasteiger partial charge in [-0.1, -0.05) is 25.7 Å². The molecule has 0 aromatic carbocycles. The molecule has 2 amide bonds. The van der Waals surface area contributed by atoms with Crippen molar-refractivity contribution in [1.29, 1.82) is 0 Å². The van der Waals surface area contributed by atoms with Crippen molar-refractivity contribution < 1.29 is 14.3 Å². The Balaban J connectivity index is 1.43. The minimum Gasteiger partial charge on any atom is -0.475 e. The number of nitrogens with one attached hydrogen (secondary N) is 2. The number of aromatic nitrogens is 1. The molecule has 2 fully saturated rings. The van der Waals surface area contributed by atoms with Crippen molar-refractivity contribution in [3.8, 4) is 5.88 Å². The van der Waals surface area contributed by atoms with Gasteiger partial charge >= 0.3 is 6.03 Å². The van der Waals surface area contributed by atoms with E-state index in [1.165, 1.54) is 32.1 Å². The van der Waals surface area contributed by atoms with Crippen LogP contribution in [0.3, 0.4) is 0 Å². The molecule has 1 aromatic heterocycles. The molecule has 2 N–H and O–H groups in total. The van der Waals surface area contributed by atoms with Gasteiger partial charge in [0.25, 0.3) is 0 Å². The number of hydrogen-bond acceptors (Lipinski definition) is 4. The summed E-state index contributed by atoms with van der Waals surface area (Å²) < 4.78 is 10.3. The molecular weight excluding hydrogens is 318 g/mol. The van der Waals surface area contributed by atoms with Crippen molar-refractivity contribution in [3.05, 3.63) is 18.3 Å². The number of ether oxygens (including phenoxy) is 2. The van der Waals surface area contributed by atoms with Crippen LogP contribution in [0.2, 0.25) is 0 Å². The predicted molar refractivity (Wildman–Crippen MR) is 96.8 cm³/mol. The second kappa shape index (κ2) is 9.04. The molecule has 138 valence electrons. The Morgan fingerprint density at radius 2 is 2.00 bits per heavy atom. The largest absolute Gasteiger partial charge is 0.475 e. The molecule has 2 aliphatic carbocycles. The van der Waals surface area contributed by atoms with Crippen LogP contribution in [0.15, 0.2) is 18.3 Å². The third-order valence-electron chi connectivity index (χ3n) is 5.41. The summed E-state index contributed by atoms with van der Waals surface area (Å²) in [4.78, 5) is 16.4. The summed E-state index contributed by atoms with van der Waals surface area (Å²) in [5.41, 5.74) is 0.669. The fraction of sp³-hybridized carbons (Fsp3) is 0.684. The third kappa shape index (κ3) is 5.33. The first kappa shape index (κ1) is 18.0. The summed E-state index contributed by atoms with van der Waals surface area (Å²) in [6.07, 6.45) is 10.5. The summed E-state index contributed by atoms with van der Waals surface area (Å²) in [6, 6.07) is 3.70. The zero-order chi connectivity index (χ0) is 17.5. The summed E-state index contributed by atoms with van der Waals surface area (Å²) in [7, 11) is 1.63. The first-order valence-electron chi connectivity index (χ1n) is 9.40. The Hall–Kier alpha value is -1.82. The number of nitrogens with zero attached hydrogens (tertiary/aromatic N) is 1. The normalized spacial score (nSPS) is 25.7. The number of pyridine rings is 1.